The molecule has 0 bridgehead atoms. The molecular weight excluding hydrogens is 316 g/mol. The number of aromatic nitrogens is 1. The van der Waals surface area contributed by atoms with Crippen molar-refractivity contribution in [1.29, 1.82) is 0 Å². The summed E-state index contributed by atoms with van der Waals surface area (Å²) in [6.07, 6.45) is 0. The molecule has 23 heavy (non-hydrogen) atoms. The fourth-order valence-electron chi connectivity index (χ4n) is 2.79. The molecular formula is C17H15ClN2O3. The zero-order chi connectivity index (χ0) is 16.6. The van der Waals surface area contributed by atoms with Gasteiger partial charge in [0.1, 0.15) is 5.75 Å². The number of aryl methyl sites for hydroxylation is 1. The van der Waals surface area contributed by atoms with E-state index in [1.807, 2.05) is 31.2 Å². The van der Waals surface area contributed by atoms with Crippen LogP contribution in [0.3, 0.4) is 0 Å². The van der Waals surface area contributed by atoms with E-state index in [0.717, 1.165) is 22.4 Å². The second kappa shape index (κ2) is 5.93. The Labute approximate surface area is 138 Å². The number of halogens is 1. The van der Waals surface area contributed by atoms with Crippen LogP contribution in [0.25, 0.3) is 10.9 Å². The number of hydrogen-bond donors (Lipinski definition) is 1. The Morgan fingerprint density at radius 1 is 1.26 bits per heavy atom. The molecule has 1 heterocycles. The van der Waals surface area contributed by atoms with Gasteiger partial charge in [-0.2, -0.15) is 0 Å². The molecule has 0 saturated carbocycles. The van der Waals surface area contributed by atoms with Crippen LogP contribution in [0.5, 0.6) is 11.6 Å². The number of benzene rings is 2. The van der Waals surface area contributed by atoms with E-state index >= 15 is 0 Å². The van der Waals surface area contributed by atoms with Gasteiger partial charge in [0, 0.05) is 10.4 Å². The molecule has 3 aromatic rings. The lowest BCUT2D eigenvalue weighted by atomic mass is 10.1. The third-order valence-corrected chi connectivity index (χ3v) is 4.07. The standard InChI is InChI=1S/C17H15ClN2O3/c1-10-7-12(18)8-14-15(19-22)17(21)20(16(10)14)9-11-3-5-13(23-2)6-4-11/h3-8,21H,9H2,1-2H3. The minimum Gasteiger partial charge on any atom is -0.497 e. The van der Waals surface area contributed by atoms with Crippen LogP contribution in [0.2, 0.25) is 5.02 Å². The number of fused-ring (bicyclic) bond motifs is 1. The number of nitrogens with zero attached hydrogens (tertiary/aromatic N) is 2. The number of methoxy groups -OCH3 is 1. The van der Waals surface area contributed by atoms with Crippen LogP contribution in [0.4, 0.5) is 5.69 Å². The predicted molar refractivity (Wildman–Crippen MR) is 90.9 cm³/mol. The highest BCUT2D eigenvalue weighted by atomic mass is 35.5. The maximum atomic E-state index is 11.1. The third-order valence-electron chi connectivity index (χ3n) is 3.85. The van der Waals surface area contributed by atoms with E-state index in [-0.39, 0.29) is 11.6 Å². The van der Waals surface area contributed by atoms with Crippen molar-refractivity contribution >= 4 is 28.2 Å². The van der Waals surface area contributed by atoms with Crippen LogP contribution >= 0.6 is 11.6 Å². The molecule has 0 radical (unpaired) electrons. The normalized spacial score (nSPS) is 10.9. The molecule has 5 nitrogen and oxygen atoms in total. The summed E-state index contributed by atoms with van der Waals surface area (Å²) >= 11 is 6.06. The van der Waals surface area contributed by atoms with E-state index in [9.17, 15) is 10.0 Å². The molecule has 1 aromatic heterocycles. The summed E-state index contributed by atoms with van der Waals surface area (Å²) < 4.78 is 6.81. The summed E-state index contributed by atoms with van der Waals surface area (Å²) in [4.78, 5) is 11.1. The average molecular weight is 331 g/mol. The van der Waals surface area contributed by atoms with Crippen molar-refractivity contribution in [2.75, 3.05) is 7.11 Å². The van der Waals surface area contributed by atoms with Crippen LogP contribution in [-0.4, -0.2) is 16.8 Å². The molecule has 1 N–H and O–H groups in total. The number of hydrogen-bond acceptors (Lipinski definition) is 4. The number of aromatic hydroxyl groups is 1. The topological polar surface area (TPSA) is 63.8 Å². The van der Waals surface area contributed by atoms with E-state index in [0.29, 0.717) is 17.0 Å². The van der Waals surface area contributed by atoms with Gasteiger partial charge in [-0.15, -0.1) is 4.91 Å². The summed E-state index contributed by atoms with van der Waals surface area (Å²) in [6.45, 7) is 2.29. The molecule has 2 aromatic carbocycles. The molecule has 118 valence electrons. The molecule has 6 heteroatoms. The first-order valence-corrected chi connectivity index (χ1v) is 7.40. The molecule has 0 unspecified atom stereocenters. The number of nitroso groups, excluding NO2 is 1. The van der Waals surface area contributed by atoms with Gasteiger partial charge in [0.05, 0.1) is 19.2 Å². The first kappa shape index (κ1) is 15.4. The molecule has 0 spiro atoms. The summed E-state index contributed by atoms with van der Waals surface area (Å²) in [5, 5.41) is 14.4. The molecule has 0 fully saturated rings. The lowest BCUT2D eigenvalue weighted by Gasteiger charge is -2.10. The van der Waals surface area contributed by atoms with Crippen molar-refractivity contribution in [1.82, 2.24) is 4.57 Å². The maximum absolute atomic E-state index is 11.1. The Balaban J connectivity index is 2.16. The highest BCUT2D eigenvalue weighted by molar-refractivity contribution is 6.31. The first-order valence-electron chi connectivity index (χ1n) is 7.02. The Morgan fingerprint density at radius 3 is 2.57 bits per heavy atom. The Kier molecular flexibility index (Phi) is 3.96. The van der Waals surface area contributed by atoms with Crippen molar-refractivity contribution in [2.45, 2.75) is 13.5 Å². The SMILES string of the molecule is COc1ccc(Cn2c(O)c(N=O)c3cc(Cl)cc(C)c32)cc1. The van der Waals surface area contributed by atoms with E-state index < -0.39 is 0 Å². The van der Waals surface area contributed by atoms with Crippen LogP contribution < -0.4 is 4.74 Å². The lowest BCUT2D eigenvalue weighted by molar-refractivity contribution is 0.414. The van der Waals surface area contributed by atoms with Gasteiger partial charge in [0.15, 0.2) is 5.69 Å². The average Bonchev–Trinajstić information content (AvgIpc) is 2.79. The number of ether oxygens (including phenoxy) is 1. The van der Waals surface area contributed by atoms with Crippen LogP contribution in [0, 0.1) is 11.8 Å². The van der Waals surface area contributed by atoms with Crippen molar-refractivity contribution in [3.05, 3.63) is 57.5 Å². The Hall–Kier alpha value is -2.53. The van der Waals surface area contributed by atoms with E-state index in [1.54, 1.807) is 23.8 Å². The zero-order valence-corrected chi connectivity index (χ0v) is 13.5. The van der Waals surface area contributed by atoms with Gasteiger partial charge >= 0.3 is 0 Å². The van der Waals surface area contributed by atoms with Gasteiger partial charge in [0.25, 0.3) is 0 Å². The van der Waals surface area contributed by atoms with Gasteiger partial charge in [-0.3, -0.25) is 0 Å². The van der Waals surface area contributed by atoms with Crippen LogP contribution in [0.1, 0.15) is 11.1 Å². The third kappa shape index (κ3) is 2.64. The van der Waals surface area contributed by atoms with Crippen molar-refractivity contribution in [3.8, 4) is 11.6 Å². The molecule has 3 rings (SSSR count). The smallest absolute Gasteiger partial charge is 0.222 e. The summed E-state index contributed by atoms with van der Waals surface area (Å²) in [6, 6.07) is 10.9. The van der Waals surface area contributed by atoms with E-state index in [1.165, 1.54) is 0 Å². The highest BCUT2D eigenvalue weighted by Gasteiger charge is 2.20. The predicted octanol–water partition coefficient (Wildman–Crippen LogP) is 4.76. The van der Waals surface area contributed by atoms with Gasteiger partial charge in [-0.1, -0.05) is 23.7 Å². The van der Waals surface area contributed by atoms with Crippen molar-refractivity contribution in [2.24, 2.45) is 5.18 Å². The van der Waals surface area contributed by atoms with Gasteiger partial charge < -0.3 is 14.4 Å². The molecule has 0 aliphatic carbocycles. The van der Waals surface area contributed by atoms with Crippen molar-refractivity contribution in [3.63, 3.8) is 0 Å². The fraction of sp³-hybridized carbons (Fsp3) is 0.176. The van der Waals surface area contributed by atoms with Crippen molar-refractivity contribution < 1.29 is 9.84 Å². The zero-order valence-electron chi connectivity index (χ0n) is 12.7. The highest BCUT2D eigenvalue weighted by Crippen LogP contribution is 2.41. The van der Waals surface area contributed by atoms with E-state index in [4.69, 9.17) is 16.3 Å². The van der Waals surface area contributed by atoms with E-state index in [2.05, 4.69) is 5.18 Å². The number of rotatable bonds is 4. The second-order valence-corrected chi connectivity index (χ2v) is 5.75. The van der Waals surface area contributed by atoms with Gasteiger partial charge in [-0.05, 0) is 47.5 Å². The molecule has 0 atom stereocenters. The van der Waals surface area contributed by atoms with Crippen LogP contribution in [-0.2, 0) is 6.54 Å². The second-order valence-electron chi connectivity index (χ2n) is 5.32. The summed E-state index contributed by atoms with van der Waals surface area (Å²) in [7, 11) is 1.61. The van der Waals surface area contributed by atoms with Gasteiger partial charge in [-0.25, -0.2) is 0 Å². The maximum Gasteiger partial charge on any atom is 0.222 e. The summed E-state index contributed by atoms with van der Waals surface area (Å²) in [5.74, 6) is 0.602. The molecule has 0 aliphatic heterocycles. The quantitative estimate of drug-likeness (QED) is 0.701. The minimum absolute atomic E-state index is 0.0131. The fourth-order valence-corrected chi connectivity index (χ4v) is 3.06. The largest absolute Gasteiger partial charge is 0.497 e. The first-order chi connectivity index (χ1) is 11.0. The summed E-state index contributed by atoms with van der Waals surface area (Å²) in [5.41, 5.74) is 2.59. The Morgan fingerprint density at radius 2 is 1.96 bits per heavy atom. The molecule has 0 saturated heterocycles. The molecule has 0 amide bonds. The van der Waals surface area contributed by atoms with Crippen LogP contribution in [0.15, 0.2) is 41.6 Å². The molecule has 0 aliphatic rings. The minimum atomic E-state index is -0.156. The lowest BCUT2D eigenvalue weighted by Crippen LogP contribution is -2.00. The Bertz CT molecular complexity index is 885. The van der Waals surface area contributed by atoms with Gasteiger partial charge in [0.2, 0.25) is 5.88 Å². The monoisotopic (exact) mass is 330 g/mol.